The number of halogens is 3. The van der Waals surface area contributed by atoms with Gasteiger partial charge in [0.25, 0.3) is 0 Å². The third-order valence-electron chi connectivity index (χ3n) is 4.05. The molecule has 0 bridgehead atoms. The van der Waals surface area contributed by atoms with Crippen LogP contribution in [0.2, 0.25) is 0 Å². The molecular formula is C13H17F3N2O4. The molecule has 3 rings (SSSR count). The van der Waals surface area contributed by atoms with Crippen LogP contribution < -0.4 is 0 Å². The van der Waals surface area contributed by atoms with Gasteiger partial charge >= 0.3 is 6.36 Å². The average molecular weight is 322 g/mol. The summed E-state index contributed by atoms with van der Waals surface area (Å²) < 4.78 is 56.6. The summed E-state index contributed by atoms with van der Waals surface area (Å²) in [6.07, 6.45) is -3.76. The smallest absolute Gasteiger partial charge is 0.422 e. The number of rotatable bonds is 4. The van der Waals surface area contributed by atoms with Crippen LogP contribution >= 0.6 is 0 Å². The molecule has 22 heavy (non-hydrogen) atoms. The summed E-state index contributed by atoms with van der Waals surface area (Å²) in [4.78, 5) is 0. The predicted molar refractivity (Wildman–Crippen MR) is 65.9 cm³/mol. The molecule has 1 saturated carbocycles. The van der Waals surface area contributed by atoms with Gasteiger partial charge in [-0.1, -0.05) is 0 Å². The fourth-order valence-corrected chi connectivity index (χ4v) is 2.75. The molecule has 1 aliphatic carbocycles. The lowest BCUT2D eigenvalue weighted by Gasteiger charge is -2.32. The molecule has 124 valence electrons. The van der Waals surface area contributed by atoms with E-state index in [4.69, 9.17) is 13.9 Å². The number of ether oxygens (including phenoxy) is 3. The molecule has 1 aromatic heterocycles. The van der Waals surface area contributed by atoms with E-state index in [0.29, 0.717) is 24.8 Å². The molecule has 2 unspecified atom stereocenters. The number of aromatic nitrogens is 2. The molecule has 0 spiro atoms. The molecule has 1 aliphatic heterocycles. The van der Waals surface area contributed by atoms with Crippen molar-refractivity contribution in [3.8, 4) is 0 Å². The fraction of sp³-hybridized carbons (Fsp3) is 0.846. The summed E-state index contributed by atoms with van der Waals surface area (Å²) in [7, 11) is 1.64. The molecular weight excluding hydrogens is 305 g/mol. The van der Waals surface area contributed by atoms with E-state index in [9.17, 15) is 13.2 Å². The van der Waals surface area contributed by atoms with E-state index in [-0.39, 0.29) is 31.0 Å². The van der Waals surface area contributed by atoms with Crippen molar-refractivity contribution in [2.75, 3.05) is 13.7 Å². The third-order valence-corrected chi connectivity index (χ3v) is 4.05. The fourth-order valence-electron chi connectivity index (χ4n) is 2.75. The van der Waals surface area contributed by atoms with E-state index >= 15 is 0 Å². The molecule has 2 heterocycles. The molecule has 9 heteroatoms. The van der Waals surface area contributed by atoms with Gasteiger partial charge in [0.1, 0.15) is 6.10 Å². The summed E-state index contributed by atoms with van der Waals surface area (Å²) in [6.45, 7) is 0.547. The molecule has 6 nitrogen and oxygen atoms in total. The van der Waals surface area contributed by atoms with Crippen molar-refractivity contribution >= 4 is 0 Å². The van der Waals surface area contributed by atoms with Gasteiger partial charge in [-0.05, 0) is 19.3 Å². The maximum atomic E-state index is 12.1. The van der Waals surface area contributed by atoms with Crippen LogP contribution in [0.1, 0.15) is 49.5 Å². The van der Waals surface area contributed by atoms with E-state index in [1.807, 2.05) is 0 Å². The highest BCUT2D eigenvalue weighted by atomic mass is 19.4. The van der Waals surface area contributed by atoms with Gasteiger partial charge in [0.05, 0.1) is 18.8 Å². The first-order valence-corrected chi connectivity index (χ1v) is 7.17. The summed E-state index contributed by atoms with van der Waals surface area (Å²) in [5.41, 5.74) is 0. The summed E-state index contributed by atoms with van der Waals surface area (Å²) >= 11 is 0. The van der Waals surface area contributed by atoms with Gasteiger partial charge in [-0.25, -0.2) is 0 Å². The van der Waals surface area contributed by atoms with Crippen molar-refractivity contribution in [2.45, 2.75) is 56.3 Å². The minimum absolute atomic E-state index is 0.0855. The van der Waals surface area contributed by atoms with Gasteiger partial charge in [0.2, 0.25) is 11.8 Å². The predicted octanol–water partition coefficient (Wildman–Crippen LogP) is 2.72. The molecule has 2 aliphatic rings. The zero-order valence-electron chi connectivity index (χ0n) is 12.0. The lowest BCUT2D eigenvalue weighted by atomic mass is 9.82. The second-order valence-corrected chi connectivity index (χ2v) is 5.57. The Balaban J connectivity index is 1.54. The first kappa shape index (κ1) is 15.7. The van der Waals surface area contributed by atoms with Gasteiger partial charge in [0.15, 0.2) is 0 Å². The number of hydrogen-bond acceptors (Lipinski definition) is 6. The summed E-state index contributed by atoms with van der Waals surface area (Å²) in [5.74, 6) is 0.521. The summed E-state index contributed by atoms with van der Waals surface area (Å²) in [5, 5.41) is 7.87. The molecule has 1 aromatic rings. The molecule has 2 fully saturated rings. The van der Waals surface area contributed by atoms with Crippen molar-refractivity contribution < 1.29 is 31.8 Å². The van der Waals surface area contributed by atoms with Crippen molar-refractivity contribution in [1.82, 2.24) is 10.2 Å². The van der Waals surface area contributed by atoms with Crippen molar-refractivity contribution in [3.63, 3.8) is 0 Å². The summed E-state index contributed by atoms with van der Waals surface area (Å²) in [6, 6.07) is 0. The van der Waals surface area contributed by atoms with Crippen LogP contribution in [0.5, 0.6) is 0 Å². The third kappa shape index (κ3) is 3.58. The van der Waals surface area contributed by atoms with Gasteiger partial charge < -0.3 is 13.9 Å². The minimum Gasteiger partial charge on any atom is -0.422 e. The first-order valence-electron chi connectivity index (χ1n) is 7.17. The number of alkyl halides is 3. The monoisotopic (exact) mass is 322 g/mol. The quantitative estimate of drug-likeness (QED) is 0.849. The lowest BCUT2D eigenvalue weighted by Crippen LogP contribution is -2.34. The maximum absolute atomic E-state index is 12.1. The Hall–Kier alpha value is -1.19. The Morgan fingerprint density at radius 2 is 1.82 bits per heavy atom. The molecule has 1 saturated heterocycles. The highest BCUT2D eigenvalue weighted by Gasteiger charge is 2.42. The van der Waals surface area contributed by atoms with E-state index in [2.05, 4.69) is 14.9 Å². The van der Waals surface area contributed by atoms with Gasteiger partial charge in [-0.2, -0.15) is 0 Å². The van der Waals surface area contributed by atoms with Crippen LogP contribution in [0.3, 0.4) is 0 Å². The molecule has 0 amide bonds. The van der Waals surface area contributed by atoms with Gasteiger partial charge in [0, 0.05) is 19.4 Å². The van der Waals surface area contributed by atoms with Crippen LogP contribution in [0.15, 0.2) is 4.42 Å². The van der Waals surface area contributed by atoms with E-state index in [1.165, 1.54) is 0 Å². The number of hydrogen-bond donors (Lipinski definition) is 0. The molecule has 0 radical (unpaired) electrons. The topological polar surface area (TPSA) is 66.6 Å². The first-order chi connectivity index (χ1) is 10.4. The van der Waals surface area contributed by atoms with Crippen molar-refractivity contribution in [3.05, 3.63) is 11.8 Å². The second kappa shape index (κ2) is 6.13. The van der Waals surface area contributed by atoms with E-state index in [0.717, 1.165) is 6.42 Å². The van der Waals surface area contributed by atoms with Gasteiger partial charge in [-0.3, -0.25) is 4.74 Å². The SMILES string of the molecule is COC1CCOC(c2nnc(C3CC(OC(F)(F)F)C3)o2)C1. The standard InChI is InChI=1S/C13H17F3N2O4/c1-19-8-2-3-20-10(6-8)12-18-17-11(21-12)7-4-9(5-7)22-13(14,15)16/h7-10H,2-6H2,1H3. The Bertz CT molecular complexity index is 502. The molecule has 2 atom stereocenters. The zero-order valence-corrected chi connectivity index (χ0v) is 12.0. The minimum atomic E-state index is -4.60. The van der Waals surface area contributed by atoms with Crippen molar-refractivity contribution in [1.29, 1.82) is 0 Å². The lowest BCUT2D eigenvalue weighted by molar-refractivity contribution is -0.352. The molecule has 0 N–H and O–H groups in total. The van der Waals surface area contributed by atoms with Crippen LogP contribution in [0, 0.1) is 0 Å². The second-order valence-electron chi connectivity index (χ2n) is 5.57. The Morgan fingerprint density at radius 1 is 1.09 bits per heavy atom. The van der Waals surface area contributed by atoms with Crippen LogP contribution in [-0.4, -0.2) is 42.5 Å². The van der Waals surface area contributed by atoms with Gasteiger partial charge in [-0.15, -0.1) is 23.4 Å². The van der Waals surface area contributed by atoms with Crippen LogP contribution in [0.4, 0.5) is 13.2 Å². The Morgan fingerprint density at radius 3 is 2.50 bits per heavy atom. The largest absolute Gasteiger partial charge is 0.522 e. The van der Waals surface area contributed by atoms with Crippen LogP contribution in [0.25, 0.3) is 0 Å². The highest BCUT2D eigenvalue weighted by molar-refractivity contribution is 5.02. The van der Waals surface area contributed by atoms with E-state index < -0.39 is 12.5 Å². The molecule has 0 aromatic carbocycles. The van der Waals surface area contributed by atoms with Crippen LogP contribution in [-0.2, 0) is 14.2 Å². The number of methoxy groups -OCH3 is 1. The zero-order chi connectivity index (χ0) is 15.7. The Labute approximate surface area is 124 Å². The normalized spacial score (nSPS) is 32.7. The maximum Gasteiger partial charge on any atom is 0.522 e. The highest BCUT2D eigenvalue weighted by Crippen LogP contribution is 2.41. The van der Waals surface area contributed by atoms with E-state index in [1.54, 1.807) is 7.11 Å². The number of nitrogens with zero attached hydrogens (tertiary/aromatic N) is 2. The average Bonchev–Trinajstić information content (AvgIpc) is 2.91. The van der Waals surface area contributed by atoms with Crippen molar-refractivity contribution in [2.24, 2.45) is 0 Å². The Kier molecular flexibility index (Phi) is 4.37.